The number of halogens is 1. The Kier molecular flexibility index (Phi) is 3.59. The average molecular weight is 240 g/mol. The maximum Gasteiger partial charge on any atom is 0.146 e. The van der Waals surface area contributed by atoms with Crippen LogP contribution in [-0.2, 0) is 0 Å². The highest BCUT2D eigenvalue weighted by atomic mass is 19.1. The maximum absolute atomic E-state index is 13.8. The molecule has 0 saturated heterocycles. The van der Waals surface area contributed by atoms with Crippen LogP contribution in [0.5, 0.6) is 0 Å². The van der Waals surface area contributed by atoms with Crippen molar-refractivity contribution < 1.29 is 4.39 Å². The van der Waals surface area contributed by atoms with E-state index in [9.17, 15) is 4.39 Å². The van der Waals surface area contributed by atoms with Crippen LogP contribution in [0, 0.1) is 17.1 Å². The van der Waals surface area contributed by atoms with Gasteiger partial charge in [-0.3, -0.25) is 0 Å². The number of hydrogen-bond acceptors (Lipinski definition) is 2. The van der Waals surface area contributed by atoms with Gasteiger partial charge in [0.1, 0.15) is 11.9 Å². The van der Waals surface area contributed by atoms with Crippen LogP contribution in [0.15, 0.2) is 48.5 Å². The molecule has 0 spiro atoms. The molecule has 2 aromatic rings. The van der Waals surface area contributed by atoms with E-state index in [2.05, 4.69) is 6.07 Å². The van der Waals surface area contributed by atoms with Crippen molar-refractivity contribution in [2.75, 3.05) is 11.4 Å². The van der Waals surface area contributed by atoms with Crippen molar-refractivity contribution in [3.8, 4) is 6.07 Å². The highest BCUT2D eigenvalue weighted by Crippen LogP contribution is 2.29. The number of anilines is 2. The zero-order valence-corrected chi connectivity index (χ0v) is 10.1. The average Bonchev–Trinajstić information content (AvgIpc) is 2.42. The topological polar surface area (TPSA) is 27.0 Å². The van der Waals surface area contributed by atoms with Gasteiger partial charge >= 0.3 is 0 Å². The summed E-state index contributed by atoms with van der Waals surface area (Å²) >= 11 is 0. The minimum absolute atomic E-state index is 0.285. The Hall–Kier alpha value is -2.34. The van der Waals surface area contributed by atoms with E-state index < -0.39 is 0 Å². The number of para-hydroxylation sites is 2. The minimum Gasteiger partial charge on any atom is -0.338 e. The Morgan fingerprint density at radius 2 is 1.67 bits per heavy atom. The summed E-state index contributed by atoms with van der Waals surface area (Å²) in [5.74, 6) is -0.285. The lowest BCUT2D eigenvalue weighted by Crippen LogP contribution is -2.18. The first-order chi connectivity index (χ1) is 8.77. The number of nitrogens with zero attached hydrogens (tertiary/aromatic N) is 2. The smallest absolute Gasteiger partial charge is 0.146 e. The molecule has 90 valence electrons. The van der Waals surface area contributed by atoms with E-state index in [4.69, 9.17) is 5.26 Å². The monoisotopic (exact) mass is 240 g/mol. The number of hydrogen-bond donors (Lipinski definition) is 0. The molecule has 2 rings (SSSR count). The fraction of sp³-hybridized carbons (Fsp3) is 0.133. The van der Waals surface area contributed by atoms with Gasteiger partial charge in [-0.1, -0.05) is 24.3 Å². The van der Waals surface area contributed by atoms with Crippen molar-refractivity contribution in [1.82, 2.24) is 0 Å². The van der Waals surface area contributed by atoms with Gasteiger partial charge in [0.05, 0.1) is 16.9 Å². The summed E-state index contributed by atoms with van der Waals surface area (Å²) in [6.07, 6.45) is 0. The van der Waals surface area contributed by atoms with Crippen LogP contribution in [-0.4, -0.2) is 6.54 Å². The van der Waals surface area contributed by atoms with Crippen LogP contribution in [0.25, 0.3) is 0 Å². The molecule has 0 atom stereocenters. The highest BCUT2D eigenvalue weighted by Gasteiger charge is 2.14. The van der Waals surface area contributed by atoms with Crippen molar-refractivity contribution >= 4 is 11.4 Å². The van der Waals surface area contributed by atoms with E-state index in [-0.39, 0.29) is 5.82 Å². The number of benzene rings is 2. The third-order valence-electron chi connectivity index (χ3n) is 2.77. The molecule has 0 fully saturated rings. The standard InChI is InChI=1S/C15H13FN2/c1-2-18(15-10-6-4-8-13(15)16)14-9-5-3-7-12(14)11-17/h3-10H,2H2,1H3. The van der Waals surface area contributed by atoms with Crippen molar-refractivity contribution in [3.63, 3.8) is 0 Å². The lowest BCUT2D eigenvalue weighted by atomic mass is 10.1. The fourth-order valence-electron chi connectivity index (χ4n) is 1.94. The summed E-state index contributed by atoms with van der Waals surface area (Å²) < 4.78 is 13.8. The molecule has 0 N–H and O–H groups in total. The summed E-state index contributed by atoms with van der Waals surface area (Å²) in [6, 6.07) is 15.9. The summed E-state index contributed by atoms with van der Waals surface area (Å²) in [6.45, 7) is 2.53. The van der Waals surface area contributed by atoms with Gasteiger partial charge in [0, 0.05) is 6.54 Å². The molecule has 0 aliphatic carbocycles. The Morgan fingerprint density at radius 1 is 1.06 bits per heavy atom. The number of nitriles is 1. The van der Waals surface area contributed by atoms with E-state index in [0.29, 0.717) is 17.8 Å². The van der Waals surface area contributed by atoms with E-state index >= 15 is 0 Å². The van der Waals surface area contributed by atoms with E-state index in [0.717, 1.165) is 5.69 Å². The molecule has 0 amide bonds. The van der Waals surface area contributed by atoms with Crippen molar-refractivity contribution in [1.29, 1.82) is 5.26 Å². The molecule has 3 heteroatoms. The fourth-order valence-corrected chi connectivity index (χ4v) is 1.94. The molecule has 18 heavy (non-hydrogen) atoms. The quantitative estimate of drug-likeness (QED) is 0.814. The number of rotatable bonds is 3. The summed E-state index contributed by atoms with van der Waals surface area (Å²) in [5.41, 5.74) is 1.76. The highest BCUT2D eigenvalue weighted by molar-refractivity contribution is 5.69. The first-order valence-electron chi connectivity index (χ1n) is 5.79. The maximum atomic E-state index is 13.8. The molecule has 0 heterocycles. The Balaban J connectivity index is 2.53. The molecule has 0 radical (unpaired) electrons. The van der Waals surface area contributed by atoms with Gasteiger partial charge in [-0.25, -0.2) is 4.39 Å². The molecule has 2 aromatic carbocycles. The first kappa shape index (κ1) is 12.1. The van der Waals surface area contributed by atoms with E-state index in [1.165, 1.54) is 6.07 Å². The van der Waals surface area contributed by atoms with Crippen LogP contribution in [0.4, 0.5) is 15.8 Å². The zero-order chi connectivity index (χ0) is 13.0. The van der Waals surface area contributed by atoms with E-state index in [1.807, 2.05) is 19.1 Å². The van der Waals surface area contributed by atoms with E-state index in [1.54, 1.807) is 35.2 Å². The second kappa shape index (κ2) is 5.33. The van der Waals surface area contributed by atoms with Gasteiger partial charge in [-0.2, -0.15) is 5.26 Å². The van der Waals surface area contributed by atoms with Gasteiger partial charge in [0.25, 0.3) is 0 Å². The second-order valence-electron chi connectivity index (χ2n) is 3.82. The SMILES string of the molecule is CCN(c1ccccc1F)c1ccccc1C#N. The van der Waals surface area contributed by atoms with Gasteiger partial charge in [-0.05, 0) is 31.2 Å². The molecule has 0 aromatic heterocycles. The molecule has 2 nitrogen and oxygen atoms in total. The lowest BCUT2D eigenvalue weighted by molar-refractivity contribution is 0.625. The van der Waals surface area contributed by atoms with Gasteiger partial charge in [0.2, 0.25) is 0 Å². The molecule has 0 saturated carbocycles. The van der Waals surface area contributed by atoms with Crippen LogP contribution in [0.3, 0.4) is 0 Å². The molecular formula is C15H13FN2. The normalized spacial score (nSPS) is 9.83. The minimum atomic E-state index is -0.285. The zero-order valence-electron chi connectivity index (χ0n) is 10.1. The summed E-state index contributed by atoms with van der Waals surface area (Å²) in [5, 5.41) is 9.11. The third kappa shape index (κ3) is 2.18. The molecular weight excluding hydrogens is 227 g/mol. The Morgan fingerprint density at radius 3 is 2.28 bits per heavy atom. The third-order valence-corrected chi connectivity index (χ3v) is 2.77. The van der Waals surface area contributed by atoms with Crippen LogP contribution in [0.1, 0.15) is 12.5 Å². The molecule has 0 aliphatic rings. The largest absolute Gasteiger partial charge is 0.338 e. The van der Waals surface area contributed by atoms with Crippen LogP contribution in [0.2, 0.25) is 0 Å². The van der Waals surface area contributed by atoms with Crippen molar-refractivity contribution in [2.24, 2.45) is 0 Å². The summed E-state index contributed by atoms with van der Waals surface area (Å²) in [4.78, 5) is 1.80. The molecule has 0 unspecified atom stereocenters. The molecule has 0 bridgehead atoms. The Labute approximate surface area is 106 Å². The van der Waals surface area contributed by atoms with Gasteiger partial charge in [-0.15, -0.1) is 0 Å². The Bertz CT molecular complexity index is 587. The van der Waals surface area contributed by atoms with Crippen molar-refractivity contribution in [2.45, 2.75) is 6.92 Å². The lowest BCUT2D eigenvalue weighted by Gasteiger charge is -2.24. The second-order valence-corrected chi connectivity index (χ2v) is 3.82. The predicted molar refractivity (Wildman–Crippen MR) is 70.2 cm³/mol. The van der Waals surface area contributed by atoms with Gasteiger partial charge in [0.15, 0.2) is 0 Å². The van der Waals surface area contributed by atoms with Crippen molar-refractivity contribution in [3.05, 3.63) is 59.9 Å². The first-order valence-corrected chi connectivity index (χ1v) is 5.79. The molecule has 0 aliphatic heterocycles. The van der Waals surface area contributed by atoms with Crippen LogP contribution < -0.4 is 4.90 Å². The summed E-state index contributed by atoms with van der Waals surface area (Å²) in [7, 11) is 0. The van der Waals surface area contributed by atoms with Gasteiger partial charge < -0.3 is 4.90 Å². The predicted octanol–water partition coefficient (Wildman–Crippen LogP) is 3.86. The van der Waals surface area contributed by atoms with Crippen LogP contribution >= 0.6 is 0 Å².